The van der Waals surface area contributed by atoms with Crippen molar-refractivity contribution in [1.29, 1.82) is 0 Å². The van der Waals surface area contributed by atoms with Crippen molar-refractivity contribution in [2.24, 2.45) is 0 Å². The van der Waals surface area contributed by atoms with Gasteiger partial charge in [0.2, 0.25) is 0 Å². The Balaban J connectivity index is 2.41. The van der Waals surface area contributed by atoms with Gasteiger partial charge in [0, 0.05) is 0 Å². The maximum Gasteiger partial charge on any atom is 0.384 e. The third kappa shape index (κ3) is 3.62. The second kappa shape index (κ2) is 3.45. The average molecular weight is 194 g/mol. The quantitative estimate of drug-likeness (QED) is 0.715. The molecule has 0 unspecified atom stereocenters. The van der Waals surface area contributed by atoms with Crippen LogP contribution in [0.5, 0.6) is 0 Å². The molecule has 0 saturated heterocycles. The Hall–Kier alpha value is -0.220. The van der Waals surface area contributed by atoms with E-state index in [9.17, 15) is 4.57 Å². The highest BCUT2D eigenvalue weighted by molar-refractivity contribution is 8.54. The van der Waals surface area contributed by atoms with Crippen molar-refractivity contribution in [3.63, 3.8) is 0 Å². The molecule has 2 N–H and O–H groups in total. The molecule has 0 radical (unpaired) electrons. The van der Waals surface area contributed by atoms with E-state index in [1.807, 2.05) is 0 Å². The van der Waals surface area contributed by atoms with E-state index in [0.717, 1.165) is 0 Å². The Morgan fingerprint density at radius 2 is 2.36 bits per heavy atom. The lowest BCUT2D eigenvalue weighted by molar-refractivity contribution is 0.396. The van der Waals surface area contributed by atoms with Gasteiger partial charge in [0.05, 0.1) is 12.0 Å². The van der Waals surface area contributed by atoms with Crippen molar-refractivity contribution in [2.45, 2.75) is 5.75 Å². The Bertz CT molecular complexity index is 251. The predicted molar refractivity (Wildman–Crippen MR) is 42.0 cm³/mol. The topological polar surface area (TPSA) is 70.7 Å². The van der Waals surface area contributed by atoms with Crippen LogP contribution in [0.4, 0.5) is 0 Å². The summed E-state index contributed by atoms with van der Waals surface area (Å²) < 4.78 is 15.2. The first-order chi connectivity index (χ1) is 5.08. The lowest BCUT2D eigenvalue weighted by Crippen LogP contribution is -1.74. The first kappa shape index (κ1) is 8.87. The fourth-order valence-electron chi connectivity index (χ4n) is 0.542. The molecule has 0 amide bonds. The summed E-state index contributed by atoms with van der Waals surface area (Å²) in [6.07, 6.45) is 1.47. The summed E-state index contributed by atoms with van der Waals surface area (Å²) in [5.74, 6) is 0.774. The summed E-state index contributed by atoms with van der Waals surface area (Å²) in [6.45, 7) is -3.95. The number of hydrogen-bond acceptors (Lipinski definition) is 3. The van der Waals surface area contributed by atoms with Crippen LogP contribution >= 0.6 is 18.2 Å². The van der Waals surface area contributed by atoms with Gasteiger partial charge in [-0.1, -0.05) is 0 Å². The lowest BCUT2D eigenvalue weighted by Gasteiger charge is -1.99. The van der Waals surface area contributed by atoms with Crippen LogP contribution in [0.15, 0.2) is 22.8 Å². The molecule has 0 aliphatic carbocycles. The van der Waals surface area contributed by atoms with Crippen molar-refractivity contribution in [1.82, 2.24) is 0 Å². The van der Waals surface area contributed by atoms with Gasteiger partial charge in [-0.15, -0.1) is 0 Å². The standard InChI is InChI=1S/C5H7O4PS/c6-10(7,8)11-4-5-2-1-3-9-5/h1-3H,4H2,(H2,6,7,8). The molecule has 0 saturated carbocycles. The molecular weight excluding hydrogens is 187 g/mol. The third-order valence-corrected chi connectivity index (χ3v) is 3.10. The highest BCUT2D eigenvalue weighted by Crippen LogP contribution is 2.51. The van der Waals surface area contributed by atoms with Crippen molar-refractivity contribution >= 4 is 18.2 Å². The Kier molecular flexibility index (Phi) is 2.78. The summed E-state index contributed by atoms with van der Waals surface area (Å²) >= 11 is 0.564. The van der Waals surface area contributed by atoms with Crippen LogP contribution < -0.4 is 0 Å². The van der Waals surface area contributed by atoms with Crippen LogP contribution in [-0.4, -0.2) is 9.79 Å². The maximum atomic E-state index is 10.3. The molecule has 0 aromatic carbocycles. The minimum Gasteiger partial charge on any atom is -0.468 e. The fraction of sp³-hybridized carbons (Fsp3) is 0.200. The maximum absolute atomic E-state index is 10.3. The molecule has 62 valence electrons. The van der Waals surface area contributed by atoms with Crippen molar-refractivity contribution in [2.75, 3.05) is 0 Å². The smallest absolute Gasteiger partial charge is 0.384 e. The zero-order valence-electron chi connectivity index (χ0n) is 5.51. The van der Waals surface area contributed by atoms with Crippen molar-refractivity contribution in [3.8, 4) is 0 Å². The van der Waals surface area contributed by atoms with E-state index in [1.54, 1.807) is 12.1 Å². The van der Waals surface area contributed by atoms with Crippen molar-refractivity contribution < 1.29 is 18.8 Å². The Labute approximate surface area is 67.5 Å². The molecular formula is C5H7O4PS. The minimum absolute atomic E-state index is 0.206. The van der Waals surface area contributed by atoms with Crippen LogP contribution in [0, 0.1) is 0 Å². The largest absolute Gasteiger partial charge is 0.468 e. The average Bonchev–Trinajstić information content (AvgIpc) is 2.32. The molecule has 4 nitrogen and oxygen atoms in total. The first-order valence-electron chi connectivity index (χ1n) is 2.80. The van der Waals surface area contributed by atoms with Gasteiger partial charge in [0.15, 0.2) is 0 Å². The molecule has 0 spiro atoms. The SMILES string of the molecule is O=P(O)(O)SCc1ccco1. The van der Waals surface area contributed by atoms with Gasteiger partial charge in [-0.05, 0) is 23.5 Å². The highest BCUT2D eigenvalue weighted by Gasteiger charge is 2.14. The second-order valence-corrected chi connectivity index (χ2v) is 5.57. The molecule has 1 heterocycles. The summed E-state index contributed by atoms with van der Waals surface area (Å²) in [5, 5.41) is 0. The van der Waals surface area contributed by atoms with Crippen LogP contribution in [0.3, 0.4) is 0 Å². The molecule has 0 bridgehead atoms. The van der Waals surface area contributed by atoms with E-state index in [0.29, 0.717) is 17.1 Å². The van der Waals surface area contributed by atoms with Gasteiger partial charge in [-0.3, -0.25) is 0 Å². The second-order valence-electron chi connectivity index (χ2n) is 1.84. The molecule has 1 aromatic heterocycles. The molecule has 6 heteroatoms. The van der Waals surface area contributed by atoms with Crippen LogP contribution in [0.2, 0.25) is 0 Å². The molecule has 1 rings (SSSR count). The van der Waals surface area contributed by atoms with E-state index >= 15 is 0 Å². The molecule has 0 aliphatic heterocycles. The van der Waals surface area contributed by atoms with Crippen LogP contribution in [-0.2, 0) is 10.3 Å². The van der Waals surface area contributed by atoms with Crippen LogP contribution in [0.1, 0.15) is 5.76 Å². The van der Waals surface area contributed by atoms with E-state index in [-0.39, 0.29) is 5.75 Å². The van der Waals surface area contributed by atoms with E-state index in [4.69, 9.17) is 14.2 Å². The van der Waals surface area contributed by atoms with Gasteiger partial charge in [0.25, 0.3) is 0 Å². The molecule has 0 atom stereocenters. The molecule has 1 aromatic rings. The van der Waals surface area contributed by atoms with Crippen molar-refractivity contribution in [3.05, 3.63) is 24.2 Å². The van der Waals surface area contributed by atoms with E-state index < -0.39 is 6.80 Å². The summed E-state index contributed by atoms with van der Waals surface area (Å²) in [4.78, 5) is 16.9. The number of hydrogen-bond donors (Lipinski definition) is 2. The van der Waals surface area contributed by atoms with Gasteiger partial charge < -0.3 is 14.2 Å². The monoisotopic (exact) mass is 194 g/mol. The minimum atomic E-state index is -3.95. The molecule has 11 heavy (non-hydrogen) atoms. The summed E-state index contributed by atoms with van der Waals surface area (Å²) in [6, 6.07) is 3.35. The Morgan fingerprint density at radius 1 is 1.64 bits per heavy atom. The third-order valence-electron chi connectivity index (χ3n) is 0.955. The summed E-state index contributed by atoms with van der Waals surface area (Å²) in [7, 11) is 0. The number of rotatable bonds is 3. The Morgan fingerprint density at radius 3 is 2.82 bits per heavy atom. The van der Waals surface area contributed by atoms with Gasteiger partial charge in [-0.25, -0.2) is 4.57 Å². The zero-order chi connectivity index (χ0) is 8.32. The zero-order valence-corrected chi connectivity index (χ0v) is 7.22. The summed E-state index contributed by atoms with van der Waals surface area (Å²) in [5.41, 5.74) is 0. The number of furan rings is 1. The van der Waals surface area contributed by atoms with Gasteiger partial charge >= 0.3 is 6.80 Å². The first-order valence-corrected chi connectivity index (χ1v) is 6.01. The fourth-order valence-corrected chi connectivity index (χ4v) is 1.89. The molecule has 0 aliphatic rings. The highest BCUT2D eigenvalue weighted by atomic mass is 32.7. The van der Waals surface area contributed by atoms with E-state index in [1.165, 1.54) is 6.26 Å². The van der Waals surface area contributed by atoms with E-state index in [2.05, 4.69) is 0 Å². The normalized spacial score (nSPS) is 11.8. The predicted octanol–water partition coefficient (Wildman–Crippen LogP) is 1.61. The molecule has 0 fully saturated rings. The van der Waals surface area contributed by atoms with Gasteiger partial charge in [0.1, 0.15) is 5.76 Å². The van der Waals surface area contributed by atoms with Crippen LogP contribution in [0.25, 0.3) is 0 Å². The lowest BCUT2D eigenvalue weighted by atomic mass is 10.5. The van der Waals surface area contributed by atoms with Gasteiger partial charge in [-0.2, -0.15) is 0 Å².